The van der Waals surface area contributed by atoms with E-state index >= 15 is 0 Å². The summed E-state index contributed by atoms with van der Waals surface area (Å²) in [5, 5.41) is 4.19. The molecule has 21 heavy (non-hydrogen) atoms. The summed E-state index contributed by atoms with van der Waals surface area (Å²) in [4.78, 5) is 4.59. The summed E-state index contributed by atoms with van der Waals surface area (Å²) in [6.45, 7) is 4.64. The highest BCUT2D eigenvalue weighted by molar-refractivity contribution is 5.56. The van der Waals surface area contributed by atoms with Crippen LogP contribution in [-0.4, -0.2) is 10.1 Å². The van der Waals surface area contributed by atoms with Gasteiger partial charge >= 0.3 is 0 Å². The maximum Gasteiger partial charge on any atom is 0.257 e. The van der Waals surface area contributed by atoms with E-state index in [2.05, 4.69) is 24.0 Å². The van der Waals surface area contributed by atoms with Gasteiger partial charge in [0.2, 0.25) is 0 Å². The Kier molecular flexibility index (Phi) is 3.95. The molecule has 1 aromatic carbocycles. The number of aromatic nitrogens is 2. The summed E-state index contributed by atoms with van der Waals surface area (Å²) in [5.41, 5.74) is 7.37. The molecule has 4 nitrogen and oxygen atoms in total. The topological polar surface area (TPSA) is 64.9 Å². The van der Waals surface area contributed by atoms with E-state index in [9.17, 15) is 0 Å². The van der Waals surface area contributed by atoms with Crippen LogP contribution in [-0.2, 0) is 0 Å². The van der Waals surface area contributed by atoms with E-state index in [-0.39, 0.29) is 0 Å². The molecule has 0 radical (unpaired) electrons. The van der Waals surface area contributed by atoms with Gasteiger partial charge in [-0.25, -0.2) is 0 Å². The van der Waals surface area contributed by atoms with E-state index in [4.69, 9.17) is 10.3 Å². The lowest BCUT2D eigenvalue weighted by atomic mass is 9.77. The molecule has 0 spiro atoms. The Balaban J connectivity index is 1.70. The number of rotatable bonds is 3. The summed E-state index contributed by atoms with van der Waals surface area (Å²) in [5.74, 6) is 3.54. The first-order chi connectivity index (χ1) is 10.1. The first-order valence-electron chi connectivity index (χ1n) is 7.83. The van der Waals surface area contributed by atoms with Crippen molar-refractivity contribution in [1.82, 2.24) is 10.1 Å². The number of nitrogens with two attached hydrogens (primary N) is 1. The van der Waals surface area contributed by atoms with E-state index < -0.39 is 0 Å². The number of anilines is 1. The molecule has 4 heteroatoms. The van der Waals surface area contributed by atoms with E-state index in [0.717, 1.165) is 28.9 Å². The minimum absolute atomic E-state index is 0.450. The Bertz CT molecular complexity index is 580. The second kappa shape index (κ2) is 5.88. The third-order valence-corrected chi connectivity index (χ3v) is 4.68. The molecule has 0 atom stereocenters. The van der Waals surface area contributed by atoms with Gasteiger partial charge in [0.05, 0.1) is 0 Å². The van der Waals surface area contributed by atoms with Crippen molar-refractivity contribution in [2.45, 2.75) is 45.4 Å². The zero-order valence-electron chi connectivity index (χ0n) is 12.7. The third kappa shape index (κ3) is 3.09. The predicted molar refractivity (Wildman–Crippen MR) is 83.7 cm³/mol. The molecule has 0 aliphatic heterocycles. The normalized spacial score (nSPS) is 22.6. The standard InChI is InChI=1S/C17H23N3O/c1-11(2)12-3-5-13(6-4-12)16-19-17(21-20-16)14-7-9-15(18)10-8-14/h7-13H,3-6,18H2,1-2H3. The van der Waals surface area contributed by atoms with Crippen molar-refractivity contribution in [3.8, 4) is 11.5 Å². The van der Waals surface area contributed by atoms with Crippen LogP contribution < -0.4 is 5.73 Å². The van der Waals surface area contributed by atoms with Gasteiger partial charge in [0.1, 0.15) is 0 Å². The Labute approximate surface area is 125 Å². The highest BCUT2D eigenvalue weighted by Crippen LogP contribution is 2.38. The molecule has 0 bridgehead atoms. The Morgan fingerprint density at radius 3 is 2.38 bits per heavy atom. The number of benzene rings is 1. The van der Waals surface area contributed by atoms with Gasteiger partial charge in [-0.2, -0.15) is 4.98 Å². The van der Waals surface area contributed by atoms with Gasteiger partial charge in [-0.1, -0.05) is 19.0 Å². The van der Waals surface area contributed by atoms with Gasteiger partial charge in [-0.15, -0.1) is 0 Å². The van der Waals surface area contributed by atoms with Crippen molar-refractivity contribution in [3.05, 3.63) is 30.1 Å². The molecule has 1 aromatic heterocycles. The molecule has 1 fully saturated rings. The van der Waals surface area contributed by atoms with Crippen molar-refractivity contribution < 1.29 is 4.52 Å². The fourth-order valence-corrected chi connectivity index (χ4v) is 3.19. The summed E-state index contributed by atoms with van der Waals surface area (Å²) >= 11 is 0. The van der Waals surface area contributed by atoms with Crippen molar-refractivity contribution in [2.75, 3.05) is 5.73 Å². The summed E-state index contributed by atoms with van der Waals surface area (Å²) in [7, 11) is 0. The maximum absolute atomic E-state index is 5.70. The molecule has 0 unspecified atom stereocenters. The van der Waals surface area contributed by atoms with E-state index in [1.807, 2.05) is 24.3 Å². The van der Waals surface area contributed by atoms with Crippen LogP contribution in [0.2, 0.25) is 0 Å². The zero-order valence-corrected chi connectivity index (χ0v) is 12.7. The largest absolute Gasteiger partial charge is 0.399 e. The molecule has 0 saturated heterocycles. The molecule has 1 saturated carbocycles. The minimum Gasteiger partial charge on any atom is -0.399 e. The minimum atomic E-state index is 0.450. The van der Waals surface area contributed by atoms with Gasteiger partial charge in [-0.05, 0) is 61.8 Å². The van der Waals surface area contributed by atoms with Gasteiger partial charge in [0, 0.05) is 17.2 Å². The average Bonchev–Trinajstić information content (AvgIpc) is 2.98. The molecule has 0 amide bonds. The van der Waals surface area contributed by atoms with Crippen LogP contribution in [0.5, 0.6) is 0 Å². The average molecular weight is 285 g/mol. The number of hydrogen-bond donors (Lipinski definition) is 1. The van der Waals surface area contributed by atoms with Crippen LogP contribution in [0.15, 0.2) is 28.8 Å². The molecule has 2 N–H and O–H groups in total. The zero-order chi connectivity index (χ0) is 14.8. The second-order valence-electron chi connectivity index (χ2n) is 6.44. The quantitative estimate of drug-likeness (QED) is 0.856. The molecule has 3 rings (SSSR count). The monoisotopic (exact) mass is 285 g/mol. The summed E-state index contributed by atoms with van der Waals surface area (Å²) < 4.78 is 5.42. The Hall–Kier alpha value is -1.84. The predicted octanol–water partition coefficient (Wildman–Crippen LogP) is 4.25. The van der Waals surface area contributed by atoms with Crippen LogP contribution >= 0.6 is 0 Å². The molecule has 1 aliphatic carbocycles. The number of hydrogen-bond acceptors (Lipinski definition) is 4. The van der Waals surface area contributed by atoms with E-state index in [1.54, 1.807) is 0 Å². The lowest BCUT2D eigenvalue weighted by molar-refractivity contribution is 0.252. The van der Waals surface area contributed by atoms with Gasteiger partial charge in [0.15, 0.2) is 5.82 Å². The molecule has 1 heterocycles. The Morgan fingerprint density at radius 2 is 1.76 bits per heavy atom. The molecular weight excluding hydrogens is 262 g/mol. The van der Waals surface area contributed by atoms with Gasteiger partial charge in [0.25, 0.3) is 5.89 Å². The van der Waals surface area contributed by atoms with Crippen LogP contribution in [0, 0.1) is 11.8 Å². The summed E-state index contributed by atoms with van der Waals surface area (Å²) in [6, 6.07) is 7.55. The fourth-order valence-electron chi connectivity index (χ4n) is 3.19. The SMILES string of the molecule is CC(C)C1CCC(c2noc(-c3ccc(N)cc3)n2)CC1. The first kappa shape index (κ1) is 14.1. The lowest BCUT2D eigenvalue weighted by Crippen LogP contribution is -2.18. The van der Waals surface area contributed by atoms with E-state index in [1.165, 1.54) is 25.7 Å². The third-order valence-electron chi connectivity index (χ3n) is 4.68. The molecule has 2 aromatic rings. The Morgan fingerprint density at radius 1 is 1.10 bits per heavy atom. The van der Waals surface area contributed by atoms with Crippen LogP contribution in [0.3, 0.4) is 0 Å². The second-order valence-corrected chi connectivity index (χ2v) is 6.44. The van der Waals surface area contributed by atoms with Crippen LogP contribution in [0.4, 0.5) is 5.69 Å². The van der Waals surface area contributed by atoms with Crippen molar-refractivity contribution in [1.29, 1.82) is 0 Å². The van der Waals surface area contributed by atoms with Gasteiger partial charge < -0.3 is 10.3 Å². The first-order valence-corrected chi connectivity index (χ1v) is 7.83. The van der Waals surface area contributed by atoms with Crippen LogP contribution in [0.25, 0.3) is 11.5 Å². The number of nitrogens with zero attached hydrogens (tertiary/aromatic N) is 2. The smallest absolute Gasteiger partial charge is 0.257 e. The highest BCUT2D eigenvalue weighted by Gasteiger charge is 2.27. The molecule has 1 aliphatic rings. The summed E-state index contributed by atoms with van der Waals surface area (Å²) in [6.07, 6.45) is 4.88. The molecular formula is C17H23N3O. The van der Waals surface area contributed by atoms with E-state index in [0.29, 0.717) is 11.8 Å². The maximum atomic E-state index is 5.70. The lowest BCUT2D eigenvalue weighted by Gasteiger charge is -2.29. The van der Waals surface area contributed by atoms with Crippen LogP contribution in [0.1, 0.15) is 51.3 Å². The van der Waals surface area contributed by atoms with Crippen molar-refractivity contribution in [2.24, 2.45) is 11.8 Å². The highest BCUT2D eigenvalue weighted by atomic mass is 16.5. The van der Waals surface area contributed by atoms with Crippen molar-refractivity contribution in [3.63, 3.8) is 0 Å². The molecule has 112 valence electrons. The van der Waals surface area contributed by atoms with Gasteiger partial charge in [-0.3, -0.25) is 0 Å². The fraction of sp³-hybridized carbons (Fsp3) is 0.529. The number of nitrogen functional groups attached to an aromatic ring is 1. The van der Waals surface area contributed by atoms with Crippen molar-refractivity contribution >= 4 is 5.69 Å².